The van der Waals surface area contributed by atoms with Crippen LogP contribution in [-0.2, 0) is 11.4 Å². The zero-order valence-electron chi connectivity index (χ0n) is 13.8. The maximum atomic E-state index is 11.6. The third-order valence-corrected chi connectivity index (χ3v) is 4.17. The van der Waals surface area contributed by atoms with Gasteiger partial charge in [-0.3, -0.25) is 4.79 Å². The van der Waals surface area contributed by atoms with Gasteiger partial charge in [0.25, 0.3) is 5.91 Å². The predicted molar refractivity (Wildman–Crippen MR) is 105 cm³/mol. The van der Waals surface area contributed by atoms with Gasteiger partial charge in [0, 0.05) is 14.5 Å². The molecule has 0 radical (unpaired) electrons. The zero-order valence-corrected chi connectivity index (χ0v) is 17.0. The molecule has 25 heavy (non-hydrogen) atoms. The van der Waals surface area contributed by atoms with Crippen molar-refractivity contribution in [2.75, 3.05) is 0 Å². The number of hydrogen-bond acceptors (Lipinski definition) is 4. The van der Waals surface area contributed by atoms with Gasteiger partial charge in [-0.2, -0.15) is 5.10 Å². The Balaban J connectivity index is 2.10. The number of aliphatic hydroxyl groups is 1. The molecule has 0 aliphatic heterocycles. The summed E-state index contributed by atoms with van der Waals surface area (Å²) in [5.74, 6) is 0.0415. The van der Waals surface area contributed by atoms with Gasteiger partial charge < -0.3 is 9.84 Å². The van der Waals surface area contributed by atoms with Gasteiger partial charge in [-0.1, -0.05) is 44.0 Å². The van der Waals surface area contributed by atoms with Gasteiger partial charge in [0.15, 0.2) is 0 Å². The first-order valence-electron chi connectivity index (χ1n) is 7.48. The molecule has 2 rings (SSSR count). The van der Waals surface area contributed by atoms with E-state index in [9.17, 15) is 9.90 Å². The highest BCUT2D eigenvalue weighted by Gasteiger charge is 2.22. The van der Waals surface area contributed by atoms with Gasteiger partial charge in [-0.15, -0.1) is 0 Å². The molecule has 0 aliphatic rings. The van der Waals surface area contributed by atoms with Crippen molar-refractivity contribution in [1.82, 2.24) is 5.43 Å². The van der Waals surface area contributed by atoms with Gasteiger partial charge in [0.1, 0.15) is 18.0 Å². The average molecular weight is 470 g/mol. The van der Waals surface area contributed by atoms with E-state index in [1.807, 2.05) is 42.5 Å². The van der Waals surface area contributed by atoms with E-state index >= 15 is 0 Å². The minimum Gasteiger partial charge on any atom is -0.488 e. The van der Waals surface area contributed by atoms with Gasteiger partial charge in [0.05, 0.1) is 6.21 Å². The van der Waals surface area contributed by atoms with Crippen molar-refractivity contribution in [3.63, 3.8) is 0 Å². The van der Waals surface area contributed by atoms with Crippen molar-refractivity contribution in [1.29, 1.82) is 0 Å². The number of carbonyl (C=O) groups excluding carboxylic acids is 1. The van der Waals surface area contributed by atoms with Crippen molar-refractivity contribution in [2.45, 2.75) is 26.1 Å². The molecule has 0 spiro atoms. The zero-order chi connectivity index (χ0) is 18.4. The van der Waals surface area contributed by atoms with Crippen LogP contribution in [0.3, 0.4) is 0 Å². The first-order valence-corrected chi connectivity index (χ1v) is 9.07. The van der Waals surface area contributed by atoms with Crippen LogP contribution >= 0.6 is 31.9 Å². The van der Waals surface area contributed by atoms with E-state index in [0.29, 0.717) is 17.9 Å². The summed E-state index contributed by atoms with van der Waals surface area (Å²) in [6.45, 7) is 3.19. The maximum Gasteiger partial charge on any atom is 0.271 e. The molecule has 2 aromatic carbocycles. The van der Waals surface area contributed by atoms with Gasteiger partial charge in [-0.25, -0.2) is 5.43 Å². The van der Waals surface area contributed by atoms with Crippen LogP contribution in [0.2, 0.25) is 0 Å². The lowest BCUT2D eigenvalue weighted by Gasteiger charge is -2.14. The Morgan fingerprint density at radius 2 is 1.96 bits per heavy atom. The first kappa shape index (κ1) is 19.6. The van der Waals surface area contributed by atoms with Crippen molar-refractivity contribution in [3.05, 3.63) is 62.5 Å². The Labute approximate surface area is 163 Å². The molecule has 0 atom stereocenters. The van der Waals surface area contributed by atoms with E-state index in [2.05, 4.69) is 42.4 Å². The fourth-order valence-electron chi connectivity index (χ4n) is 1.84. The molecular weight excluding hydrogens is 452 g/mol. The molecule has 0 unspecified atom stereocenters. The summed E-state index contributed by atoms with van der Waals surface area (Å²) in [7, 11) is 0. The number of amides is 1. The fraction of sp³-hybridized carbons (Fsp3) is 0.222. The lowest BCUT2D eigenvalue weighted by molar-refractivity contribution is -0.136. The Bertz CT molecular complexity index is 786. The standard InChI is InChI=1S/C18H18Br2N2O3/c1-18(2,24)17(23)22-21-10-13-9-15(20)6-7-16(13)25-11-12-4-3-5-14(19)8-12/h3-10,24H,11H2,1-2H3,(H,22,23). The second-order valence-corrected chi connectivity index (χ2v) is 7.69. The molecule has 2 aromatic rings. The minimum atomic E-state index is -1.49. The molecule has 1 amide bonds. The van der Waals surface area contributed by atoms with Crippen LogP contribution < -0.4 is 10.2 Å². The second kappa shape index (κ2) is 8.60. The Hall–Kier alpha value is -1.70. The van der Waals surface area contributed by atoms with Crippen LogP contribution in [0.1, 0.15) is 25.0 Å². The van der Waals surface area contributed by atoms with E-state index in [1.165, 1.54) is 20.1 Å². The van der Waals surface area contributed by atoms with Crippen LogP contribution in [0.4, 0.5) is 0 Å². The molecule has 132 valence electrons. The number of hydrogen-bond donors (Lipinski definition) is 2. The molecule has 0 saturated carbocycles. The number of nitrogens with one attached hydrogen (secondary N) is 1. The Kier molecular flexibility index (Phi) is 6.75. The number of rotatable bonds is 6. The van der Waals surface area contributed by atoms with Crippen LogP contribution in [0.15, 0.2) is 56.5 Å². The SMILES string of the molecule is CC(C)(O)C(=O)NN=Cc1cc(Br)ccc1OCc1cccc(Br)c1. The summed E-state index contributed by atoms with van der Waals surface area (Å²) in [5.41, 5.74) is 2.53. The molecule has 7 heteroatoms. The van der Waals surface area contributed by atoms with E-state index in [1.54, 1.807) is 0 Å². The number of carbonyl (C=O) groups is 1. The predicted octanol–water partition coefficient (Wildman–Crippen LogP) is 4.01. The summed E-state index contributed by atoms with van der Waals surface area (Å²) >= 11 is 6.84. The van der Waals surface area contributed by atoms with E-state index in [4.69, 9.17) is 4.74 Å². The summed E-state index contributed by atoms with van der Waals surface area (Å²) in [5, 5.41) is 13.5. The lowest BCUT2D eigenvalue weighted by atomic mass is 10.1. The fourth-order valence-corrected chi connectivity index (χ4v) is 2.66. The van der Waals surface area contributed by atoms with Crippen LogP contribution in [0, 0.1) is 0 Å². The molecule has 0 aromatic heterocycles. The smallest absolute Gasteiger partial charge is 0.271 e. The van der Waals surface area contributed by atoms with E-state index in [-0.39, 0.29) is 0 Å². The van der Waals surface area contributed by atoms with Crippen molar-refractivity contribution < 1.29 is 14.6 Å². The largest absolute Gasteiger partial charge is 0.488 e. The lowest BCUT2D eigenvalue weighted by Crippen LogP contribution is -2.39. The summed E-state index contributed by atoms with van der Waals surface area (Å²) in [6.07, 6.45) is 1.48. The van der Waals surface area contributed by atoms with Crippen molar-refractivity contribution in [3.8, 4) is 5.75 Å². The minimum absolute atomic E-state index is 0.401. The number of ether oxygens (including phenoxy) is 1. The van der Waals surface area contributed by atoms with Crippen LogP contribution in [0.5, 0.6) is 5.75 Å². The molecule has 0 saturated heterocycles. The summed E-state index contributed by atoms with van der Waals surface area (Å²) in [6, 6.07) is 13.4. The first-order chi connectivity index (χ1) is 11.8. The summed E-state index contributed by atoms with van der Waals surface area (Å²) < 4.78 is 7.71. The highest BCUT2D eigenvalue weighted by atomic mass is 79.9. The molecule has 0 aliphatic carbocycles. The average Bonchev–Trinajstić information content (AvgIpc) is 2.53. The molecule has 0 bridgehead atoms. The number of benzene rings is 2. The highest BCUT2D eigenvalue weighted by molar-refractivity contribution is 9.10. The quantitative estimate of drug-likeness (QED) is 0.496. The number of nitrogens with zero attached hydrogens (tertiary/aromatic N) is 1. The number of halogens is 2. The Morgan fingerprint density at radius 3 is 2.64 bits per heavy atom. The molecule has 2 N–H and O–H groups in total. The van der Waals surface area contributed by atoms with Crippen molar-refractivity contribution in [2.24, 2.45) is 5.10 Å². The highest BCUT2D eigenvalue weighted by Crippen LogP contribution is 2.23. The van der Waals surface area contributed by atoms with Crippen LogP contribution in [0.25, 0.3) is 0 Å². The third kappa shape index (κ3) is 6.26. The Morgan fingerprint density at radius 1 is 1.24 bits per heavy atom. The molecular formula is C18H18Br2N2O3. The maximum absolute atomic E-state index is 11.6. The van der Waals surface area contributed by atoms with Gasteiger partial charge >= 0.3 is 0 Å². The van der Waals surface area contributed by atoms with E-state index in [0.717, 1.165) is 14.5 Å². The molecule has 5 nitrogen and oxygen atoms in total. The molecule has 0 heterocycles. The van der Waals surface area contributed by atoms with Crippen molar-refractivity contribution >= 4 is 44.0 Å². The molecule has 0 fully saturated rings. The second-order valence-electron chi connectivity index (χ2n) is 5.86. The van der Waals surface area contributed by atoms with Gasteiger partial charge in [-0.05, 0) is 49.7 Å². The normalized spacial score (nSPS) is 11.6. The number of hydrazone groups is 1. The van der Waals surface area contributed by atoms with E-state index < -0.39 is 11.5 Å². The monoisotopic (exact) mass is 468 g/mol. The van der Waals surface area contributed by atoms with Gasteiger partial charge in [0.2, 0.25) is 0 Å². The third-order valence-electron chi connectivity index (χ3n) is 3.18. The summed E-state index contributed by atoms with van der Waals surface area (Å²) in [4.78, 5) is 11.6. The van der Waals surface area contributed by atoms with Crippen LogP contribution in [-0.4, -0.2) is 22.8 Å². The topological polar surface area (TPSA) is 70.9 Å².